The fourth-order valence-electron chi connectivity index (χ4n) is 2.20. The van der Waals surface area contributed by atoms with E-state index in [9.17, 15) is 18.3 Å². The second kappa shape index (κ2) is 5.32. The molecule has 1 aromatic rings. The third-order valence-electron chi connectivity index (χ3n) is 3.21. The minimum Gasteiger partial charge on any atom is -0.384 e. The van der Waals surface area contributed by atoms with Gasteiger partial charge in [0.05, 0.1) is 11.4 Å². The van der Waals surface area contributed by atoms with Gasteiger partial charge in [-0.3, -0.25) is 0 Å². The Kier molecular flexibility index (Phi) is 3.89. The molecule has 0 fully saturated rings. The summed E-state index contributed by atoms with van der Waals surface area (Å²) in [5, 5.41) is 13.5. The summed E-state index contributed by atoms with van der Waals surface area (Å²) in [7, 11) is 0. The van der Waals surface area contributed by atoms with E-state index in [0.29, 0.717) is 17.9 Å². The normalized spacial score (nSPS) is 21.4. The Balaban J connectivity index is 2.20. The number of alkyl halides is 3. The summed E-state index contributed by atoms with van der Waals surface area (Å²) in [6, 6.07) is 1.68. The van der Waals surface area contributed by atoms with E-state index in [1.54, 1.807) is 19.1 Å². The van der Waals surface area contributed by atoms with Crippen LogP contribution < -0.4 is 5.73 Å². The number of nitrogens with two attached hydrogens (primary N) is 1. The van der Waals surface area contributed by atoms with Crippen molar-refractivity contribution in [2.24, 2.45) is 5.92 Å². The zero-order chi connectivity index (χ0) is 14.9. The van der Waals surface area contributed by atoms with Crippen molar-refractivity contribution in [3.8, 4) is 0 Å². The summed E-state index contributed by atoms with van der Waals surface area (Å²) in [6.45, 7) is 1.78. The van der Waals surface area contributed by atoms with Gasteiger partial charge in [0.2, 0.25) is 0 Å². The molecule has 0 aromatic carbocycles. The molecule has 2 unspecified atom stereocenters. The lowest BCUT2D eigenvalue weighted by Gasteiger charge is -2.21. The molecule has 0 bridgehead atoms. The molecule has 1 heterocycles. The summed E-state index contributed by atoms with van der Waals surface area (Å²) in [5.74, 6) is -0.533. The lowest BCUT2D eigenvalue weighted by molar-refractivity contribution is -0.215. The van der Waals surface area contributed by atoms with Crippen molar-refractivity contribution in [2.75, 3.05) is 5.73 Å². The number of anilines is 1. The molecule has 1 aliphatic carbocycles. The van der Waals surface area contributed by atoms with Gasteiger partial charge in [0.15, 0.2) is 6.10 Å². The van der Waals surface area contributed by atoms with Gasteiger partial charge in [-0.1, -0.05) is 12.2 Å². The predicted molar refractivity (Wildman–Crippen MR) is 69.6 cm³/mol. The van der Waals surface area contributed by atoms with Crippen LogP contribution in [0, 0.1) is 12.8 Å². The van der Waals surface area contributed by atoms with Crippen LogP contribution in [0.1, 0.15) is 18.5 Å². The second-order valence-corrected chi connectivity index (χ2v) is 4.84. The highest BCUT2D eigenvalue weighted by Gasteiger charge is 2.42. The highest BCUT2D eigenvalue weighted by molar-refractivity contribution is 5.61. The zero-order valence-corrected chi connectivity index (χ0v) is 10.9. The van der Waals surface area contributed by atoms with Crippen LogP contribution in [0.2, 0.25) is 0 Å². The van der Waals surface area contributed by atoms with E-state index in [1.807, 2.05) is 0 Å². The Morgan fingerprint density at radius 2 is 2.20 bits per heavy atom. The van der Waals surface area contributed by atoms with Crippen LogP contribution in [0.3, 0.4) is 0 Å². The molecule has 0 aliphatic heterocycles. The molecule has 2 rings (SSSR count). The second-order valence-electron chi connectivity index (χ2n) is 4.84. The smallest absolute Gasteiger partial charge is 0.384 e. The number of aryl methyl sites for hydroxylation is 1. The van der Waals surface area contributed by atoms with Crippen molar-refractivity contribution < 1.29 is 18.3 Å². The first-order chi connectivity index (χ1) is 9.29. The van der Waals surface area contributed by atoms with Gasteiger partial charge in [0.25, 0.3) is 0 Å². The molecule has 1 aromatic heterocycles. The maximum Gasteiger partial charge on any atom is 0.414 e. The number of aliphatic hydroxyl groups excluding tert-OH is 1. The Morgan fingerprint density at radius 1 is 1.50 bits per heavy atom. The molecular formula is C13H16F3N3O. The largest absolute Gasteiger partial charge is 0.414 e. The first kappa shape index (κ1) is 14.6. The molecule has 7 heteroatoms. The summed E-state index contributed by atoms with van der Waals surface area (Å²) in [5.41, 5.74) is 7.13. The van der Waals surface area contributed by atoms with Crippen molar-refractivity contribution in [3.63, 3.8) is 0 Å². The van der Waals surface area contributed by atoms with Gasteiger partial charge in [-0.25, -0.2) is 4.68 Å². The quantitative estimate of drug-likeness (QED) is 0.878. The highest BCUT2D eigenvalue weighted by Crippen LogP contribution is 2.31. The molecule has 0 amide bonds. The Labute approximate surface area is 114 Å². The first-order valence-corrected chi connectivity index (χ1v) is 6.24. The predicted octanol–water partition coefficient (Wildman–Crippen LogP) is 2.50. The van der Waals surface area contributed by atoms with E-state index in [0.717, 1.165) is 5.69 Å². The molecule has 110 valence electrons. The summed E-state index contributed by atoms with van der Waals surface area (Å²) in [6.07, 6.45) is -1.66. The van der Waals surface area contributed by atoms with E-state index >= 15 is 0 Å². The van der Waals surface area contributed by atoms with Crippen LogP contribution in [0.4, 0.5) is 19.0 Å². The Morgan fingerprint density at radius 3 is 2.75 bits per heavy atom. The maximum atomic E-state index is 12.5. The average molecular weight is 287 g/mol. The van der Waals surface area contributed by atoms with E-state index in [1.165, 1.54) is 16.8 Å². The fraction of sp³-hybridized carbons (Fsp3) is 0.462. The molecular weight excluding hydrogens is 271 g/mol. The van der Waals surface area contributed by atoms with Gasteiger partial charge in [-0.2, -0.15) is 18.3 Å². The number of hydrogen-bond acceptors (Lipinski definition) is 3. The van der Waals surface area contributed by atoms with Gasteiger partial charge in [0, 0.05) is 12.0 Å². The minimum absolute atomic E-state index is 0.223. The van der Waals surface area contributed by atoms with Crippen molar-refractivity contribution in [3.05, 3.63) is 30.0 Å². The average Bonchev–Trinajstić information content (AvgIpc) is 2.57. The maximum absolute atomic E-state index is 12.5. The standard InChI is InChI=1S/C13H16F3N3O/c1-8-7-11(17)19(18-8)10-4-2-3-9(5-6-10)12(20)13(14,15)16/h4-7,9,12,20H,2-3,17H2,1H3. The molecule has 4 nitrogen and oxygen atoms in total. The Bertz CT molecular complexity index is 546. The van der Waals surface area contributed by atoms with Gasteiger partial charge in [-0.15, -0.1) is 0 Å². The van der Waals surface area contributed by atoms with Gasteiger partial charge < -0.3 is 10.8 Å². The summed E-state index contributed by atoms with van der Waals surface area (Å²) in [4.78, 5) is 0. The molecule has 0 saturated carbocycles. The minimum atomic E-state index is -4.61. The zero-order valence-electron chi connectivity index (χ0n) is 10.9. The van der Waals surface area contributed by atoms with Crippen LogP contribution in [-0.2, 0) is 0 Å². The molecule has 3 N–H and O–H groups in total. The van der Waals surface area contributed by atoms with E-state index in [4.69, 9.17) is 5.73 Å². The fourth-order valence-corrected chi connectivity index (χ4v) is 2.20. The summed E-state index contributed by atoms with van der Waals surface area (Å²) >= 11 is 0. The number of nitrogen functional groups attached to an aromatic ring is 1. The molecule has 20 heavy (non-hydrogen) atoms. The number of rotatable bonds is 2. The van der Waals surface area contributed by atoms with Gasteiger partial charge in [0.1, 0.15) is 5.82 Å². The van der Waals surface area contributed by atoms with Crippen molar-refractivity contribution in [1.82, 2.24) is 9.78 Å². The molecule has 2 atom stereocenters. The number of hydrogen-bond donors (Lipinski definition) is 2. The molecule has 1 aliphatic rings. The third-order valence-corrected chi connectivity index (χ3v) is 3.21. The van der Waals surface area contributed by atoms with E-state index in [-0.39, 0.29) is 6.42 Å². The number of halogens is 3. The monoisotopic (exact) mass is 287 g/mol. The Hall–Kier alpha value is -1.76. The lowest BCUT2D eigenvalue weighted by atomic mass is 9.97. The molecule has 0 radical (unpaired) electrons. The van der Waals surface area contributed by atoms with Gasteiger partial charge in [-0.05, 0) is 25.8 Å². The van der Waals surface area contributed by atoms with Crippen LogP contribution in [0.5, 0.6) is 0 Å². The van der Waals surface area contributed by atoms with Crippen molar-refractivity contribution in [2.45, 2.75) is 32.0 Å². The van der Waals surface area contributed by atoms with Gasteiger partial charge >= 0.3 is 6.18 Å². The number of aliphatic hydroxyl groups is 1. The summed E-state index contributed by atoms with van der Waals surface area (Å²) < 4.78 is 39.0. The van der Waals surface area contributed by atoms with Crippen molar-refractivity contribution >= 4 is 11.5 Å². The SMILES string of the molecule is Cc1cc(N)n(C2=CCCC(C(O)C(F)(F)F)C=C2)n1. The molecule has 0 spiro atoms. The van der Waals surface area contributed by atoms with E-state index < -0.39 is 18.2 Å². The highest BCUT2D eigenvalue weighted by atomic mass is 19.4. The van der Waals surface area contributed by atoms with Crippen LogP contribution in [-0.4, -0.2) is 27.2 Å². The lowest BCUT2D eigenvalue weighted by Crippen LogP contribution is -2.34. The number of allylic oxidation sites excluding steroid dienone is 3. The first-order valence-electron chi connectivity index (χ1n) is 6.24. The number of aromatic nitrogens is 2. The van der Waals surface area contributed by atoms with Crippen LogP contribution >= 0.6 is 0 Å². The van der Waals surface area contributed by atoms with Crippen LogP contribution in [0.25, 0.3) is 5.70 Å². The third kappa shape index (κ3) is 3.04. The topological polar surface area (TPSA) is 64.1 Å². The molecule has 0 saturated heterocycles. The van der Waals surface area contributed by atoms with Crippen molar-refractivity contribution in [1.29, 1.82) is 0 Å². The van der Waals surface area contributed by atoms with Crippen LogP contribution in [0.15, 0.2) is 24.3 Å². The van der Waals surface area contributed by atoms with E-state index in [2.05, 4.69) is 5.10 Å². The number of nitrogens with zero attached hydrogens (tertiary/aromatic N) is 2.